The van der Waals surface area contributed by atoms with Crippen molar-refractivity contribution < 1.29 is 18.9 Å². The molecule has 0 aliphatic heterocycles. The second-order valence-electron chi connectivity index (χ2n) is 0.163. The van der Waals surface area contributed by atoms with E-state index in [4.69, 9.17) is 18.9 Å². The van der Waals surface area contributed by atoms with Crippen molar-refractivity contribution in [3.63, 3.8) is 0 Å². The van der Waals surface area contributed by atoms with E-state index < -0.39 is 17.4 Å². The molecule has 0 aromatic heterocycles. The fourth-order valence-corrected chi connectivity index (χ4v) is 0. The average molecular weight is 137 g/mol. The molecular weight excluding hydrogens is 135 g/mol. The predicted molar refractivity (Wildman–Crippen MR) is 25.4 cm³/mol. The summed E-state index contributed by atoms with van der Waals surface area (Å²) < 4.78 is 16.9. The molecule has 2 N–H and O–H groups in total. The van der Waals surface area contributed by atoms with Gasteiger partial charge in [0.2, 0.25) is 0 Å². The van der Waals surface area contributed by atoms with Crippen molar-refractivity contribution >= 4 is 27.5 Å². The van der Waals surface area contributed by atoms with Gasteiger partial charge in [0.05, 0.1) is 0 Å². The van der Waals surface area contributed by atoms with Crippen LogP contribution < -0.4 is 0 Å². The van der Waals surface area contributed by atoms with Crippen LogP contribution in [-0.4, -0.2) is 19.9 Å². The summed E-state index contributed by atoms with van der Waals surface area (Å²) in [5.74, 6) is 0. The Morgan fingerprint density at radius 2 is 1.00 bits per heavy atom. The third kappa shape index (κ3) is 1390. The summed E-state index contributed by atoms with van der Waals surface area (Å²) in [5.41, 5.74) is 0. The Morgan fingerprint density at radius 1 is 1.00 bits per heavy atom. The van der Waals surface area contributed by atoms with E-state index in [1.165, 1.54) is 0 Å². The molecule has 0 fully saturated rings. The third-order valence-corrected chi connectivity index (χ3v) is 0. The van der Waals surface area contributed by atoms with Crippen LogP contribution in [0.3, 0.4) is 0 Å². The molecule has 0 unspecified atom stereocenters. The minimum Gasteiger partial charge on any atom is -0.310 e. The second kappa shape index (κ2) is 33.6. The van der Waals surface area contributed by atoms with Gasteiger partial charge in [0.25, 0.3) is 0 Å². The average Bonchev–Trinajstić information content (AvgIpc) is 1.39. The van der Waals surface area contributed by atoms with E-state index in [1.807, 2.05) is 0 Å². The molecule has 0 heterocycles. The Hall–Kier alpha value is 0.289. The standard InChI is InChI=1S/Be.2HO2P/c;2*1-3-2/h;2*(H,1,2)/q+2;;. The smallest absolute Gasteiger partial charge is 0.310 e. The molecule has 0 atom stereocenters. The molecule has 0 aromatic carbocycles. The van der Waals surface area contributed by atoms with Crippen LogP contribution in [0.15, 0.2) is 0 Å². The maximum absolute atomic E-state index is 8.46. The molecule has 7 heteroatoms. The zero-order chi connectivity index (χ0) is 5.41. The molecule has 4 nitrogen and oxygen atoms in total. The van der Waals surface area contributed by atoms with Crippen LogP contribution in [0.25, 0.3) is 0 Å². The summed E-state index contributed by atoms with van der Waals surface area (Å²) >= 11 is 0. The molecule has 7 heavy (non-hydrogen) atoms. The molecule has 36 valence electrons. The van der Waals surface area contributed by atoms with Crippen molar-refractivity contribution in [1.29, 1.82) is 0 Å². The van der Waals surface area contributed by atoms with Crippen LogP contribution in [0.1, 0.15) is 0 Å². The summed E-state index contributed by atoms with van der Waals surface area (Å²) in [6.45, 7) is 0. The number of hydrogen-bond donors (Lipinski definition) is 2. The molecule has 0 amide bonds. The van der Waals surface area contributed by atoms with E-state index in [-0.39, 0.29) is 10.1 Å². The van der Waals surface area contributed by atoms with Gasteiger partial charge in [-0.05, 0) is 0 Å². The molecular formula is H2BeO4P2+2. The van der Waals surface area contributed by atoms with Gasteiger partial charge in [-0.15, -0.1) is 0 Å². The molecule has 0 aromatic rings. The van der Waals surface area contributed by atoms with Gasteiger partial charge in [0.1, 0.15) is 0 Å². The van der Waals surface area contributed by atoms with Gasteiger partial charge in [-0.1, -0.05) is 0 Å². The Labute approximate surface area is 47.3 Å². The molecule has 0 bridgehead atoms. The fraction of sp³-hybridized carbons (Fsp3) is 0. The van der Waals surface area contributed by atoms with Gasteiger partial charge in [-0.2, -0.15) is 0 Å². The van der Waals surface area contributed by atoms with Crippen LogP contribution in [0.2, 0.25) is 0 Å². The maximum atomic E-state index is 8.46. The van der Waals surface area contributed by atoms with E-state index in [0.717, 1.165) is 0 Å². The van der Waals surface area contributed by atoms with Crippen molar-refractivity contribution in [3.05, 3.63) is 0 Å². The first kappa shape index (κ1) is 15.7. The zero-order valence-electron chi connectivity index (χ0n) is 3.31. The SMILES string of the molecule is O=PO.O=PO.[Be+2]. The van der Waals surface area contributed by atoms with E-state index in [1.54, 1.807) is 0 Å². The quantitative estimate of drug-likeness (QED) is 0.363. The largest absolute Gasteiger partial charge is 2.00 e. The van der Waals surface area contributed by atoms with Gasteiger partial charge in [-0.3, -0.25) is 0 Å². The van der Waals surface area contributed by atoms with Crippen LogP contribution in [0.5, 0.6) is 0 Å². The monoisotopic (exact) mass is 137 g/mol. The topological polar surface area (TPSA) is 74.6 Å². The van der Waals surface area contributed by atoms with Crippen LogP contribution in [0, 0.1) is 0 Å². The van der Waals surface area contributed by atoms with Gasteiger partial charge in [0.15, 0.2) is 0 Å². The zero-order valence-corrected chi connectivity index (χ0v) is 5.10. The van der Waals surface area contributed by atoms with Gasteiger partial charge in [-0.25, -0.2) is 9.13 Å². The Bertz CT molecular complexity index is 30.7. The Morgan fingerprint density at radius 3 is 1.00 bits per heavy atom. The van der Waals surface area contributed by atoms with Crippen molar-refractivity contribution in [1.82, 2.24) is 0 Å². The van der Waals surface area contributed by atoms with E-state index in [9.17, 15) is 0 Å². The first-order chi connectivity index (χ1) is 2.83. The molecule has 0 aliphatic carbocycles. The van der Waals surface area contributed by atoms with Gasteiger partial charge >= 0.3 is 27.5 Å². The summed E-state index contributed by atoms with van der Waals surface area (Å²) in [6, 6.07) is 0. The maximum Gasteiger partial charge on any atom is 2.00 e. The Balaban J connectivity index is -0.0000000400. The first-order valence-corrected chi connectivity index (χ1v) is 2.30. The minimum absolute atomic E-state index is 0. The van der Waals surface area contributed by atoms with Crippen molar-refractivity contribution in [2.24, 2.45) is 0 Å². The fourth-order valence-electron chi connectivity index (χ4n) is 0. The van der Waals surface area contributed by atoms with E-state index in [0.29, 0.717) is 0 Å². The van der Waals surface area contributed by atoms with Gasteiger partial charge in [0, 0.05) is 0 Å². The molecule has 0 saturated heterocycles. The van der Waals surface area contributed by atoms with Crippen LogP contribution >= 0.6 is 17.4 Å². The second-order valence-corrected chi connectivity index (χ2v) is 0.490. The van der Waals surface area contributed by atoms with Crippen molar-refractivity contribution in [3.8, 4) is 0 Å². The summed E-state index contributed by atoms with van der Waals surface area (Å²) in [7, 11) is -1.67. The Kier molecular flexibility index (Phi) is 75.2. The minimum atomic E-state index is -0.833. The van der Waals surface area contributed by atoms with Gasteiger partial charge < -0.3 is 9.79 Å². The predicted octanol–water partition coefficient (Wildman–Crippen LogP) is -0.0100. The molecule has 0 radical (unpaired) electrons. The van der Waals surface area contributed by atoms with Crippen LogP contribution in [0.4, 0.5) is 0 Å². The van der Waals surface area contributed by atoms with Crippen molar-refractivity contribution in [2.75, 3.05) is 0 Å². The summed E-state index contributed by atoms with van der Waals surface area (Å²) in [4.78, 5) is 14.0. The molecule has 0 saturated carbocycles. The summed E-state index contributed by atoms with van der Waals surface area (Å²) in [6.07, 6.45) is 0. The van der Waals surface area contributed by atoms with Crippen LogP contribution in [-0.2, 0) is 9.13 Å². The molecule has 0 aliphatic rings. The van der Waals surface area contributed by atoms with Crippen molar-refractivity contribution in [2.45, 2.75) is 0 Å². The number of rotatable bonds is 0. The number of hydrogen-bond acceptors (Lipinski definition) is 2. The molecule has 0 rings (SSSR count). The first-order valence-electron chi connectivity index (χ1n) is 0.765. The third-order valence-electron chi connectivity index (χ3n) is 0. The normalized spacial score (nSPS) is 6.00. The van der Waals surface area contributed by atoms with E-state index in [2.05, 4.69) is 0 Å². The van der Waals surface area contributed by atoms with E-state index >= 15 is 0 Å². The molecule has 0 spiro atoms. The summed E-state index contributed by atoms with van der Waals surface area (Å²) in [5, 5.41) is 0.